The van der Waals surface area contributed by atoms with Crippen LogP contribution in [0.1, 0.15) is 57.6 Å². The molecule has 5 aromatic carbocycles. The average Bonchev–Trinajstić information content (AvgIpc) is 3.16. The molecule has 2 N–H and O–H groups in total. The number of nitrogens with zero attached hydrogens (tertiary/aromatic N) is 3. The second-order valence-corrected chi connectivity index (χ2v) is 12.8. The van der Waals surface area contributed by atoms with Crippen LogP contribution in [0.15, 0.2) is 140 Å². The summed E-state index contributed by atoms with van der Waals surface area (Å²) in [6.07, 6.45) is 0.346. The van der Waals surface area contributed by atoms with E-state index in [1.54, 1.807) is 0 Å². The van der Waals surface area contributed by atoms with Gasteiger partial charge in [0.15, 0.2) is 6.29 Å². The number of ether oxygens (including phenoxy) is 2. The SMILES string of the molecule is C[C@@H]1[C@H](CN(Cc2ccccc2)Cc2ccccc2)O[C@H](c2cccc(NC(=O)c3cnc4ccccc4n3)c2)O[C@@H]1c1ccc(CO)cc1. The van der Waals surface area contributed by atoms with Crippen LogP contribution in [0.25, 0.3) is 11.0 Å². The number of benzene rings is 5. The van der Waals surface area contributed by atoms with Gasteiger partial charge < -0.3 is 19.9 Å². The van der Waals surface area contributed by atoms with Gasteiger partial charge in [-0.15, -0.1) is 0 Å². The lowest BCUT2D eigenvalue weighted by Crippen LogP contribution is -2.44. The first kappa shape index (κ1) is 33.3. The molecule has 50 heavy (non-hydrogen) atoms. The van der Waals surface area contributed by atoms with Crippen molar-refractivity contribution in [3.63, 3.8) is 0 Å². The number of carbonyl (C=O) groups excluding carboxylic acids is 1. The van der Waals surface area contributed by atoms with Gasteiger partial charge in [0.2, 0.25) is 0 Å². The summed E-state index contributed by atoms with van der Waals surface area (Å²) in [5, 5.41) is 12.7. The molecule has 7 rings (SSSR count). The van der Waals surface area contributed by atoms with Crippen molar-refractivity contribution < 1.29 is 19.4 Å². The van der Waals surface area contributed by atoms with E-state index in [0.29, 0.717) is 17.7 Å². The zero-order chi connectivity index (χ0) is 34.3. The van der Waals surface area contributed by atoms with Crippen molar-refractivity contribution in [1.82, 2.24) is 14.9 Å². The second-order valence-electron chi connectivity index (χ2n) is 12.8. The van der Waals surface area contributed by atoms with E-state index < -0.39 is 6.29 Å². The van der Waals surface area contributed by atoms with Gasteiger partial charge >= 0.3 is 0 Å². The monoisotopic (exact) mass is 664 g/mol. The summed E-state index contributed by atoms with van der Waals surface area (Å²) in [6, 6.07) is 44.0. The predicted octanol–water partition coefficient (Wildman–Crippen LogP) is 7.87. The zero-order valence-corrected chi connectivity index (χ0v) is 27.9. The van der Waals surface area contributed by atoms with Gasteiger partial charge in [-0.2, -0.15) is 0 Å². The molecular weight excluding hydrogens is 624 g/mol. The minimum absolute atomic E-state index is 0.00892. The van der Waals surface area contributed by atoms with Crippen molar-refractivity contribution in [2.75, 3.05) is 11.9 Å². The van der Waals surface area contributed by atoms with E-state index in [1.807, 2.05) is 84.9 Å². The summed E-state index contributed by atoms with van der Waals surface area (Å²) in [5.74, 6) is -0.341. The van der Waals surface area contributed by atoms with Crippen LogP contribution < -0.4 is 5.32 Å². The topological polar surface area (TPSA) is 96.8 Å². The van der Waals surface area contributed by atoms with E-state index in [4.69, 9.17) is 9.47 Å². The molecule has 0 saturated carbocycles. The molecule has 2 heterocycles. The van der Waals surface area contributed by atoms with Crippen molar-refractivity contribution in [1.29, 1.82) is 0 Å². The maximum atomic E-state index is 13.3. The van der Waals surface area contributed by atoms with Crippen LogP contribution in [0.3, 0.4) is 0 Å². The summed E-state index contributed by atoms with van der Waals surface area (Å²) >= 11 is 0. The number of nitrogens with one attached hydrogen (secondary N) is 1. The average molecular weight is 665 g/mol. The molecule has 1 saturated heterocycles. The van der Waals surface area contributed by atoms with Crippen LogP contribution in [0.5, 0.6) is 0 Å². The van der Waals surface area contributed by atoms with Crippen molar-refractivity contribution in [3.8, 4) is 0 Å². The lowest BCUT2D eigenvalue weighted by Gasteiger charge is -2.43. The smallest absolute Gasteiger partial charge is 0.275 e. The van der Waals surface area contributed by atoms with Gasteiger partial charge in [0, 0.05) is 36.8 Å². The number of carbonyl (C=O) groups is 1. The Labute approximate surface area is 292 Å². The van der Waals surface area contributed by atoms with E-state index in [9.17, 15) is 9.90 Å². The van der Waals surface area contributed by atoms with Gasteiger partial charge in [0.05, 0.1) is 36.0 Å². The van der Waals surface area contributed by atoms with Crippen molar-refractivity contribution in [2.24, 2.45) is 5.92 Å². The number of amides is 1. The van der Waals surface area contributed by atoms with Crippen LogP contribution in [0.4, 0.5) is 5.69 Å². The fourth-order valence-corrected chi connectivity index (χ4v) is 6.48. The molecule has 1 amide bonds. The van der Waals surface area contributed by atoms with Crippen molar-refractivity contribution in [2.45, 2.75) is 45.1 Å². The van der Waals surface area contributed by atoms with Crippen LogP contribution in [-0.2, 0) is 29.2 Å². The third-order valence-corrected chi connectivity index (χ3v) is 9.16. The van der Waals surface area contributed by atoms with Gasteiger partial charge in [-0.3, -0.25) is 14.7 Å². The molecule has 1 fully saturated rings. The third kappa shape index (κ3) is 7.96. The van der Waals surface area contributed by atoms with Crippen molar-refractivity contribution >= 4 is 22.6 Å². The van der Waals surface area contributed by atoms with E-state index in [2.05, 4.69) is 75.6 Å². The molecule has 0 spiro atoms. The lowest BCUT2D eigenvalue weighted by atomic mass is 9.89. The number of fused-ring (bicyclic) bond motifs is 1. The first-order chi connectivity index (χ1) is 24.5. The van der Waals surface area contributed by atoms with Crippen molar-refractivity contribution in [3.05, 3.63) is 173 Å². The van der Waals surface area contributed by atoms with Gasteiger partial charge in [-0.25, -0.2) is 4.98 Å². The molecular formula is C42H40N4O4. The lowest BCUT2D eigenvalue weighted by molar-refractivity contribution is -0.276. The Kier molecular flexibility index (Phi) is 10.3. The quantitative estimate of drug-likeness (QED) is 0.146. The first-order valence-corrected chi connectivity index (χ1v) is 17.0. The van der Waals surface area contributed by atoms with E-state index >= 15 is 0 Å². The molecule has 1 aliphatic heterocycles. The highest BCUT2D eigenvalue weighted by atomic mass is 16.7. The second kappa shape index (κ2) is 15.5. The standard InChI is InChI=1S/C42H40N4O4/c1-29-39(27-46(25-30-11-4-2-5-12-30)26-31-13-6-3-7-14-31)49-42(50-40(29)33-21-19-32(28-47)20-22-33)34-15-10-16-35(23-34)44-41(48)38-24-43-36-17-8-9-18-37(36)45-38/h2-24,29,39-40,42,47H,25-28H2,1H3,(H,44,48)/t29-,39+,40+,42+/m1/s1. The Morgan fingerprint density at radius 2 is 1.40 bits per heavy atom. The van der Waals surface area contributed by atoms with Gasteiger partial charge in [0.25, 0.3) is 5.91 Å². The van der Waals surface area contributed by atoms with E-state index in [-0.39, 0.29) is 36.3 Å². The fourth-order valence-electron chi connectivity index (χ4n) is 6.48. The number of hydrogen-bond acceptors (Lipinski definition) is 7. The number of para-hydroxylation sites is 2. The van der Waals surface area contributed by atoms with Crippen LogP contribution in [0.2, 0.25) is 0 Å². The summed E-state index contributed by atoms with van der Waals surface area (Å²) < 4.78 is 13.6. The van der Waals surface area contributed by atoms with Crippen LogP contribution >= 0.6 is 0 Å². The number of aliphatic hydroxyl groups excluding tert-OH is 1. The predicted molar refractivity (Wildman–Crippen MR) is 194 cm³/mol. The minimum Gasteiger partial charge on any atom is -0.392 e. The Morgan fingerprint density at radius 3 is 2.08 bits per heavy atom. The molecule has 1 aliphatic rings. The molecule has 8 nitrogen and oxygen atoms in total. The number of rotatable bonds is 11. The minimum atomic E-state index is -0.689. The zero-order valence-electron chi connectivity index (χ0n) is 27.9. The largest absolute Gasteiger partial charge is 0.392 e. The molecule has 0 aliphatic carbocycles. The number of aliphatic hydroxyl groups is 1. The first-order valence-electron chi connectivity index (χ1n) is 17.0. The number of hydrogen-bond donors (Lipinski definition) is 2. The maximum absolute atomic E-state index is 13.3. The molecule has 8 heteroatoms. The highest BCUT2D eigenvalue weighted by Gasteiger charge is 2.39. The van der Waals surface area contributed by atoms with Gasteiger partial charge in [-0.1, -0.05) is 116 Å². The molecule has 4 atom stereocenters. The Bertz CT molecular complexity index is 1980. The van der Waals surface area contributed by atoms with Gasteiger partial charge in [-0.05, 0) is 46.5 Å². The summed E-state index contributed by atoms with van der Waals surface area (Å²) in [4.78, 5) is 24.6. The normalized spacial score (nSPS) is 19.0. The molecule has 0 unspecified atom stereocenters. The number of anilines is 1. The fraction of sp³-hybridized carbons (Fsp3) is 0.214. The van der Waals surface area contributed by atoms with Crippen LogP contribution in [-0.4, -0.2) is 38.5 Å². The van der Waals surface area contributed by atoms with E-state index in [0.717, 1.165) is 35.3 Å². The Balaban J connectivity index is 1.16. The molecule has 1 aromatic heterocycles. The maximum Gasteiger partial charge on any atom is 0.275 e. The number of aromatic nitrogens is 2. The van der Waals surface area contributed by atoms with E-state index in [1.165, 1.54) is 17.3 Å². The summed E-state index contributed by atoms with van der Waals surface area (Å²) in [6.45, 7) is 4.36. The summed E-state index contributed by atoms with van der Waals surface area (Å²) in [5.41, 5.74) is 7.34. The highest BCUT2D eigenvalue weighted by Crippen LogP contribution is 2.42. The highest BCUT2D eigenvalue weighted by molar-refractivity contribution is 6.03. The molecule has 0 bridgehead atoms. The molecule has 0 radical (unpaired) electrons. The molecule has 6 aromatic rings. The summed E-state index contributed by atoms with van der Waals surface area (Å²) in [7, 11) is 0. The third-order valence-electron chi connectivity index (χ3n) is 9.16. The molecule has 252 valence electrons. The Morgan fingerprint density at radius 1 is 0.740 bits per heavy atom. The van der Waals surface area contributed by atoms with Gasteiger partial charge in [0.1, 0.15) is 5.69 Å². The van der Waals surface area contributed by atoms with Crippen LogP contribution in [0, 0.1) is 5.92 Å². The Hall–Kier alpha value is -5.25.